The summed E-state index contributed by atoms with van der Waals surface area (Å²) in [5.41, 5.74) is 1.26. The molecule has 0 aromatic heterocycles. The number of likely N-dealkylation sites (tertiary alicyclic amines) is 1. The lowest BCUT2D eigenvalue weighted by molar-refractivity contribution is -0.148. The normalized spacial score (nSPS) is 20.7. The molecule has 0 unspecified atom stereocenters. The Balaban J connectivity index is 2.05. The van der Waals surface area contributed by atoms with Crippen molar-refractivity contribution in [2.24, 2.45) is 0 Å². The number of nitrogens with zero attached hydrogens (tertiary/aromatic N) is 1. The lowest BCUT2D eigenvalue weighted by atomic mass is 10.0. The van der Waals surface area contributed by atoms with Gasteiger partial charge in [0.2, 0.25) is 0 Å². The molecule has 1 aromatic carbocycles. The van der Waals surface area contributed by atoms with Crippen molar-refractivity contribution in [3.8, 4) is 0 Å². The number of rotatable bonds is 3. The second kappa shape index (κ2) is 6.52. The first kappa shape index (κ1) is 13.8. The predicted octanol–water partition coefficient (Wildman–Crippen LogP) is 2.82. The van der Waals surface area contributed by atoms with E-state index >= 15 is 0 Å². The number of benzene rings is 1. The quantitative estimate of drug-likeness (QED) is 0.614. The van der Waals surface area contributed by atoms with Gasteiger partial charge in [0.15, 0.2) is 0 Å². The van der Waals surface area contributed by atoms with E-state index in [9.17, 15) is 4.79 Å². The maximum Gasteiger partial charge on any atom is 0.323 e. The lowest BCUT2D eigenvalue weighted by Crippen LogP contribution is -2.44. The monoisotopic (exact) mass is 359 g/mol. The van der Waals surface area contributed by atoms with E-state index in [2.05, 4.69) is 51.8 Å². The fourth-order valence-electron chi connectivity index (χ4n) is 2.41. The van der Waals surface area contributed by atoms with E-state index in [0.29, 0.717) is 0 Å². The highest BCUT2D eigenvalue weighted by atomic mass is 127. The van der Waals surface area contributed by atoms with Gasteiger partial charge in [-0.05, 0) is 59.7 Å². The average Bonchev–Trinajstić information content (AvgIpc) is 2.41. The zero-order chi connectivity index (χ0) is 13.0. The summed E-state index contributed by atoms with van der Waals surface area (Å²) in [6.07, 6.45) is 3.19. The molecule has 1 aliphatic rings. The molecule has 0 spiro atoms. The van der Waals surface area contributed by atoms with Crippen LogP contribution in [-0.4, -0.2) is 30.6 Å². The molecule has 0 amide bonds. The van der Waals surface area contributed by atoms with Gasteiger partial charge in [-0.1, -0.05) is 18.6 Å². The fourth-order valence-corrected chi connectivity index (χ4v) is 2.77. The topological polar surface area (TPSA) is 29.5 Å². The highest BCUT2D eigenvalue weighted by molar-refractivity contribution is 14.1. The molecule has 1 aromatic rings. The summed E-state index contributed by atoms with van der Waals surface area (Å²) < 4.78 is 6.13. The third-order valence-corrected chi connectivity index (χ3v) is 4.11. The SMILES string of the molecule is COC(=O)[C@H]1CCCCN1Cc1ccc(I)cc1. The van der Waals surface area contributed by atoms with Crippen molar-refractivity contribution in [3.63, 3.8) is 0 Å². The minimum Gasteiger partial charge on any atom is -0.468 e. The van der Waals surface area contributed by atoms with Crippen molar-refractivity contribution in [2.45, 2.75) is 31.8 Å². The number of hydrogen-bond donors (Lipinski definition) is 0. The molecule has 2 rings (SSSR count). The Morgan fingerprint density at radius 2 is 2.11 bits per heavy atom. The number of hydrogen-bond acceptors (Lipinski definition) is 3. The van der Waals surface area contributed by atoms with E-state index in [1.54, 1.807) is 0 Å². The van der Waals surface area contributed by atoms with Crippen LogP contribution in [0.4, 0.5) is 0 Å². The van der Waals surface area contributed by atoms with Crippen LogP contribution in [0.3, 0.4) is 0 Å². The van der Waals surface area contributed by atoms with Gasteiger partial charge in [0, 0.05) is 10.1 Å². The minimum atomic E-state index is -0.0970. The number of piperidine rings is 1. The molecular formula is C14H18INO2. The number of carbonyl (C=O) groups excluding carboxylic acids is 1. The van der Waals surface area contributed by atoms with E-state index in [1.807, 2.05) is 0 Å². The summed E-state index contributed by atoms with van der Waals surface area (Å²) >= 11 is 2.30. The summed E-state index contributed by atoms with van der Waals surface area (Å²) in [5, 5.41) is 0. The fraction of sp³-hybridized carbons (Fsp3) is 0.500. The smallest absolute Gasteiger partial charge is 0.323 e. The molecule has 0 radical (unpaired) electrons. The van der Waals surface area contributed by atoms with Crippen molar-refractivity contribution in [1.82, 2.24) is 4.90 Å². The van der Waals surface area contributed by atoms with E-state index in [-0.39, 0.29) is 12.0 Å². The average molecular weight is 359 g/mol. The molecule has 0 saturated carbocycles. The van der Waals surface area contributed by atoms with Gasteiger partial charge in [-0.25, -0.2) is 0 Å². The van der Waals surface area contributed by atoms with Crippen molar-refractivity contribution in [3.05, 3.63) is 33.4 Å². The van der Waals surface area contributed by atoms with Crippen molar-refractivity contribution < 1.29 is 9.53 Å². The molecule has 0 bridgehead atoms. The summed E-state index contributed by atoms with van der Waals surface area (Å²) in [5.74, 6) is -0.0970. The van der Waals surface area contributed by atoms with Crippen molar-refractivity contribution in [1.29, 1.82) is 0 Å². The van der Waals surface area contributed by atoms with Crippen LogP contribution in [-0.2, 0) is 16.1 Å². The Morgan fingerprint density at radius 1 is 1.39 bits per heavy atom. The Hall–Kier alpha value is -0.620. The molecule has 1 saturated heterocycles. The van der Waals surface area contributed by atoms with Gasteiger partial charge in [-0.15, -0.1) is 0 Å². The highest BCUT2D eigenvalue weighted by Crippen LogP contribution is 2.21. The van der Waals surface area contributed by atoms with Gasteiger partial charge < -0.3 is 4.74 Å². The lowest BCUT2D eigenvalue weighted by Gasteiger charge is -2.33. The molecule has 3 nitrogen and oxygen atoms in total. The van der Waals surface area contributed by atoms with Gasteiger partial charge in [0.1, 0.15) is 6.04 Å². The number of methoxy groups -OCH3 is 1. The number of carbonyl (C=O) groups is 1. The third kappa shape index (κ3) is 3.45. The van der Waals surface area contributed by atoms with Crippen LogP contribution in [0, 0.1) is 3.57 Å². The molecule has 98 valence electrons. The van der Waals surface area contributed by atoms with Gasteiger partial charge in [0.25, 0.3) is 0 Å². The van der Waals surface area contributed by atoms with Crippen LogP contribution in [0.25, 0.3) is 0 Å². The molecule has 1 fully saturated rings. The predicted molar refractivity (Wildman–Crippen MR) is 79.2 cm³/mol. The largest absolute Gasteiger partial charge is 0.468 e. The molecule has 18 heavy (non-hydrogen) atoms. The Morgan fingerprint density at radius 3 is 2.78 bits per heavy atom. The Labute approximate surface area is 122 Å². The Kier molecular flexibility index (Phi) is 5.00. The molecule has 1 heterocycles. The van der Waals surface area contributed by atoms with Gasteiger partial charge in [-0.3, -0.25) is 9.69 Å². The van der Waals surface area contributed by atoms with Crippen molar-refractivity contribution >= 4 is 28.6 Å². The number of ether oxygens (including phenoxy) is 1. The van der Waals surface area contributed by atoms with Crippen LogP contribution in [0.15, 0.2) is 24.3 Å². The molecular weight excluding hydrogens is 341 g/mol. The van der Waals surface area contributed by atoms with Gasteiger partial charge in [-0.2, -0.15) is 0 Å². The summed E-state index contributed by atoms with van der Waals surface area (Å²) in [6, 6.07) is 8.40. The van der Waals surface area contributed by atoms with Crippen molar-refractivity contribution in [2.75, 3.05) is 13.7 Å². The summed E-state index contributed by atoms with van der Waals surface area (Å²) in [7, 11) is 1.47. The first-order valence-electron chi connectivity index (χ1n) is 6.27. The zero-order valence-corrected chi connectivity index (χ0v) is 12.7. The van der Waals surface area contributed by atoms with Crippen LogP contribution in [0.2, 0.25) is 0 Å². The second-order valence-corrected chi connectivity index (χ2v) is 5.88. The first-order chi connectivity index (χ1) is 8.70. The van der Waals surface area contributed by atoms with E-state index in [4.69, 9.17) is 4.74 Å². The molecule has 0 N–H and O–H groups in total. The standard InChI is InChI=1S/C14H18INO2/c1-18-14(17)13-4-2-3-9-16(13)10-11-5-7-12(15)8-6-11/h5-8,13H,2-4,9-10H2,1H3/t13-/m1/s1. The van der Waals surface area contributed by atoms with Crippen LogP contribution >= 0.6 is 22.6 Å². The Bertz CT molecular complexity index is 405. The second-order valence-electron chi connectivity index (χ2n) is 4.63. The summed E-state index contributed by atoms with van der Waals surface area (Å²) in [4.78, 5) is 14.0. The number of halogens is 1. The van der Waals surface area contributed by atoms with E-state index in [0.717, 1.165) is 32.4 Å². The highest BCUT2D eigenvalue weighted by Gasteiger charge is 2.29. The van der Waals surface area contributed by atoms with Gasteiger partial charge >= 0.3 is 5.97 Å². The molecule has 4 heteroatoms. The van der Waals surface area contributed by atoms with Gasteiger partial charge in [0.05, 0.1) is 7.11 Å². The van der Waals surface area contributed by atoms with E-state index in [1.165, 1.54) is 16.2 Å². The molecule has 0 aliphatic carbocycles. The minimum absolute atomic E-state index is 0.0666. The summed E-state index contributed by atoms with van der Waals surface area (Å²) in [6.45, 7) is 1.81. The molecule has 1 aliphatic heterocycles. The first-order valence-corrected chi connectivity index (χ1v) is 7.35. The number of esters is 1. The third-order valence-electron chi connectivity index (χ3n) is 3.39. The van der Waals surface area contributed by atoms with E-state index < -0.39 is 0 Å². The van der Waals surface area contributed by atoms with Crippen LogP contribution in [0.1, 0.15) is 24.8 Å². The maximum atomic E-state index is 11.8. The molecule has 1 atom stereocenters. The van der Waals surface area contributed by atoms with Crippen LogP contribution < -0.4 is 0 Å². The zero-order valence-electron chi connectivity index (χ0n) is 10.6. The maximum absolute atomic E-state index is 11.8. The van der Waals surface area contributed by atoms with Crippen LogP contribution in [0.5, 0.6) is 0 Å².